The minimum atomic E-state index is -5.08. The number of carbonyl (C=O) groups is 1. The first-order valence-electron chi connectivity index (χ1n) is 5.32. The van der Waals surface area contributed by atoms with E-state index in [0.717, 1.165) is 12.1 Å². The first-order chi connectivity index (χ1) is 9.43. The Bertz CT molecular complexity index is 537. The van der Waals surface area contributed by atoms with Gasteiger partial charge in [-0.2, -0.15) is 26.3 Å². The lowest BCUT2D eigenvalue weighted by Gasteiger charge is -2.09. The number of benzene rings is 1. The quantitative estimate of drug-likeness (QED) is 0.723. The standard InChI is InChI=1S/C9H7F4N.C2HF3O2/c10-8-2-6-4-14-3-5(6)1-7(8)9(11,12)13;3-2(4,5)1(6)7/h1-2,14H,3-4H2;(H,6,7). The molecule has 1 aliphatic heterocycles. The Hall–Kier alpha value is -1.84. The van der Waals surface area contributed by atoms with Crippen molar-refractivity contribution in [2.75, 3.05) is 0 Å². The second-order valence-corrected chi connectivity index (χ2v) is 4.00. The Labute approximate surface area is 113 Å². The molecule has 0 atom stereocenters. The van der Waals surface area contributed by atoms with E-state index in [2.05, 4.69) is 5.32 Å². The fourth-order valence-corrected chi connectivity index (χ4v) is 1.54. The van der Waals surface area contributed by atoms with Crippen LogP contribution in [-0.4, -0.2) is 17.3 Å². The molecule has 1 aromatic rings. The highest BCUT2D eigenvalue weighted by Crippen LogP contribution is 2.33. The zero-order chi connectivity index (χ0) is 16.4. The van der Waals surface area contributed by atoms with Crippen LogP contribution in [0.1, 0.15) is 16.7 Å². The molecule has 0 radical (unpaired) electrons. The molecule has 1 heterocycles. The van der Waals surface area contributed by atoms with Gasteiger partial charge in [0.2, 0.25) is 0 Å². The highest BCUT2D eigenvalue weighted by molar-refractivity contribution is 5.73. The Balaban J connectivity index is 0.000000270. The molecule has 3 nitrogen and oxygen atoms in total. The number of carboxylic acid groups (broad SMARTS) is 1. The molecule has 0 unspecified atom stereocenters. The number of carboxylic acids is 1. The molecule has 0 bridgehead atoms. The summed E-state index contributed by atoms with van der Waals surface area (Å²) < 4.78 is 81.5. The lowest BCUT2D eigenvalue weighted by molar-refractivity contribution is -0.192. The molecule has 1 aromatic carbocycles. The van der Waals surface area contributed by atoms with Crippen LogP contribution >= 0.6 is 0 Å². The average molecular weight is 319 g/mol. The number of halogens is 7. The Kier molecular flexibility index (Phi) is 4.82. The number of alkyl halides is 6. The maximum Gasteiger partial charge on any atom is 0.490 e. The van der Waals surface area contributed by atoms with Crippen molar-refractivity contribution in [1.29, 1.82) is 0 Å². The van der Waals surface area contributed by atoms with Crippen LogP contribution in [-0.2, 0) is 24.1 Å². The molecule has 0 aliphatic carbocycles. The molecule has 2 N–H and O–H groups in total. The largest absolute Gasteiger partial charge is 0.490 e. The number of aliphatic carboxylic acids is 1. The van der Waals surface area contributed by atoms with Crippen molar-refractivity contribution in [3.8, 4) is 0 Å². The topological polar surface area (TPSA) is 49.3 Å². The Morgan fingerprint density at radius 1 is 1.05 bits per heavy atom. The minimum absolute atomic E-state index is 0.374. The third-order valence-electron chi connectivity index (χ3n) is 2.47. The third kappa shape index (κ3) is 4.59. The van der Waals surface area contributed by atoms with Crippen molar-refractivity contribution in [3.63, 3.8) is 0 Å². The summed E-state index contributed by atoms with van der Waals surface area (Å²) in [4.78, 5) is 8.90. The number of hydrogen-bond acceptors (Lipinski definition) is 2. The van der Waals surface area contributed by atoms with Crippen LogP contribution in [0.25, 0.3) is 0 Å². The van der Waals surface area contributed by atoms with Crippen molar-refractivity contribution in [2.24, 2.45) is 0 Å². The lowest BCUT2D eigenvalue weighted by Crippen LogP contribution is -2.21. The third-order valence-corrected chi connectivity index (χ3v) is 2.47. The van der Waals surface area contributed by atoms with Gasteiger partial charge in [-0.15, -0.1) is 0 Å². The van der Waals surface area contributed by atoms with E-state index in [1.807, 2.05) is 0 Å². The van der Waals surface area contributed by atoms with Crippen molar-refractivity contribution < 1.29 is 40.6 Å². The predicted molar refractivity (Wildman–Crippen MR) is 55.6 cm³/mol. The van der Waals surface area contributed by atoms with E-state index in [-0.39, 0.29) is 0 Å². The van der Waals surface area contributed by atoms with E-state index in [0.29, 0.717) is 24.2 Å². The molecule has 10 heteroatoms. The SMILES string of the molecule is Fc1cc2c(cc1C(F)(F)F)CNC2.O=C(O)C(F)(F)F. The van der Waals surface area contributed by atoms with Crippen LogP contribution in [0.3, 0.4) is 0 Å². The smallest absolute Gasteiger partial charge is 0.475 e. The second kappa shape index (κ2) is 5.88. The van der Waals surface area contributed by atoms with Gasteiger partial charge >= 0.3 is 18.3 Å². The van der Waals surface area contributed by atoms with Gasteiger partial charge in [-0.25, -0.2) is 9.18 Å². The number of rotatable bonds is 0. The van der Waals surface area contributed by atoms with Crippen molar-refractivity contribution in [2.45, 2.75) is 25.4 Å². The van der Waals surface area contributed by atoms with Crippen LogP contribution in [0.5, 0.6) is 0 Å². The summed E-state index contributed by atoms with van der Waals surface area (Å²) in [7, 11) is 0. The maximum absolute atomic E-state index is 13.0. The molecular formula is C11H8F7NO2. The first-order valence-corrected chi connectivity index (χ1v) is 5.32. The Morgan fingerprint density at radius 2 is 1.48 bits per heavy atom. The van der Waals surface area contributed by atoms with Crippen molar-refractivity contribution >= 4 is 5.97 Å². The van der Waals surface area contributed by atoms with E-state index >= 15 is 0 Å². The van der Waals surface area contributed by atoms with Gasteiger partial charge in [-0.1, -0.05) is 0 Å². The minimum Gasteiger partial charge on any atom is -0.475 e. The van der Waals surface area contributed by atoms with Gasteiger partial charge in [0.05, 0.1) is 5.56 Å². The zero-order valence-electron chi connectivity index (χ0n) is 10.1. The van der Waals surface area contributed by atoms with Gasteiger partial charge in [0.15, 0.2) is 0 Å². The molecule has 0 aromatic heterocycles. The fourth-order valence-electron chi connectivity index (χ4n) is 1.54. The molecule has 0 spiro atoms. The molecule has 118 valence electrons. The summed E-state index contributed by atoms with van der Waals surface area (Å²) >= 11 is 0. The summed E-state index contributed by atoms with van der Waals surface area (Å²) in [5.74, 6) is -3.95. The second-order valence-electron chi connectivity index (χ2n) is 4.00. The van der Waals surface area contributed by atoms with E-state index in [9.17, 15) is 30.7 Å². The van der Waals surface area contributed by atoms with Crippen LogP contribution in [0.2, 0.25) is 0 Å². The van der Waals surface area contributed by atoms with Gasteiger partial charge in [-0.05, 0) is 23.3 Å². The monoisotopic (exact) mass is 319 g/mol. The van der Waals surface area contributed by atoms with Crippen LogP contribution in [0, 0.1) is 5.82 Å². The van der Waals surface area contributed by atoms with E-state index < -0.39 is 29.7 Å². The number of hydrogen-bond donors (Lipinski definition) is 2. The molecule has 2 rings (SSSR count). The zero-order valence-corrected chi connectivity index (χ0v) is 10.1. The number of fused-ring (bicyclic) bond motifs is 1. The molecule has 0 saturated carbocycles. The van der Waals surface area contributed by atoms with Gasteiger partial charge in [0.1, 0.15) is 5.82 Å². The van der Waals surface area contributed by atoms with Crippen LogP contribution < -0.4 is 5.32 Å². The summed E-state index contributed by atoms with van der Waals surface area (Å²) in [5, 5.41) is 9.98. The molecular weight excluding hydrogens is 311 g/mol. The summed E-state index contributed by atoms with van der Waals surface area (Å²) in [6.07, 6.45) is -9.69. The first kappa shape index (κ1) is 17.2. The summed E-state index contributed by atoms with van der Waals surface area (Å²) in [6.45, 7) is 0.809. The summed E-state index contributed by atoms with van der Waals surface area (Å²) in [6, 6.07) is 1.84. The molecule has 0 saturated heterocycles. The van der Waals surface area contributed by atoms with Gasteiger partial charge in [-0.3, -0.25) is 0 Å². The van der Waals surface area contributed by atoms with E-state index in [1.54, 1.807) is 0 Å². The average Bonchev–Trinajstić information content (AvgIpc) is 2.72. The molecule has 0 fully saturated rings. The normalized spacial score (nSPS) is 14.2. The van der Waals surface area contributed by atoms with Gasteiger partial charge < -0.3 is 10.4 Å². The maximum atomic E-state index is 13.0. The van der Waals surface area contributed by atoms with Crippen molar-refractivity contribution in [1.82, 2.24) is 5.32 Å². The fraction of sp³-hybridized carbons (Fsp3) is 0.364. The predicted octanol–water partition coefficient (Wildman–Crippen LogP) is 3.08. The van der Waals surface area contributed by atoms with Crippen LogP contribution in [0.15, 0.2) is 12.1 Å². The summed E-state index contributed by atoms with van der Waals surface area (Å²) in [5.41, 5.74) is -0.0471. The molecule has 0 amide bonds. The highest BCUT2D eigenvalue weighted by Gasteiger charge is 2.38. The van der Waals surface area contributed by atoms with Gasteiger partial charge in [0.25, 0.3) is 0 Å². The number of nitrogens with one attached hydrogen (secondary N) is 1. The molecule has 21 heavy (non-hydrogen) atoms. The lowest BCUT2D eigenvalue weighted by atomic mass is 10.1. The van der Waals surface area contributed by atoms with Crippen molar-refractivity contribution in [3.05, 3.63) is 34.6 Å². The van der Waals surface area contributed by atoms with E-state index in [4.69, 9.17) is 9.90 Å². The highest BCUT2D eigenvalue weighted by atomic mass is 19.4. The molecule has 1 aliphatic rings. The van der Waals surface area contributed by atoms with Crippen LogP contribution in [0.4, 0.5) is 30.7 Å². The van der Waals surface area contributed by atoms with E-state index in [1.165, 1.54) is 0 Å². The van der Waals surface area contributed by atoms with Gasteiger partial charge in [0, 0.05) is 13.1 Å². The Morgan fingerprint density at radius 3 is 1.86 bits per heavy atom.